The molecular formula is C17H14F2N4O3S. The third-order valence-electron chi connectivity index (χ3n) is 3.65. The zero-order valence-electron chi connectivity index (χ0n) is 14.0. The van der Waals surface area contributed by atoms with Gasteiger partial charge in [0.15, 0.2) is 0 Å². The fourth-order valence-electron chi connectivity index (χ4n) is 2.34. The Labute approximate surface area is 153 Å². The second-order valence-corrected chi connectivity index (χ2v) is 7.26. The first kappa shape index (κ1) is 18.7. The van der Waals surface area contributed by atoms with Crippen LogP contribution in [0.4, 0.5) is 8.78 Å². The minimum Gasteiger partial charge on any atom is -0.340 e. The maximum absolute atomic E-state index is 14.7. The van der Waals surface area contributed by atoms with Crippen LogP contribution in [0.1, 0.15) is 10.4 Å². The number of carbonyl (C=O) groups excluding carboxylic acids is 1. The summed E-state index contributed by atoms with van der Waals surface area (Å²) in [5.41, 5.74) is 1.01. The molecule has 27 heavy (non-hydrogen) atoms. The Balaban J connectivity index is 1.87. The van der Waals surface area contributed by atoms with Crippen molar-refractivity contribution in [2.75, 3.05) is 0 Å². The van der Waals surface area contributed by atoms with Gasteiger partial charge >= 0.3 is 0 Å². The molecule has 0 unspecified atom stereocenters. The Morgan fingerprint density at radius 1 is 1.11 bits per heavy atom. The number of carbonyl (C=O) groups is 1. The molecule has 1 aromatic heterocycles. The molecule has 3 rings (SSSR count). The van der Waals surface area contributed by atoms with E-state index in [9.17, 15) is 22.0 Å². The Bertz CT molecular complexity index is 1100. The van der Waals surface area contributed by atoms with Gasteiger partial charge < -0.3 is 4.57 Å². The van der Waals surface area contributed by atoms with E-state index < -0.39 is 33.1 Å². The van der Waals surface area contributed by atoms with Crippen molar-refractivity contribution in [2.24, 2.45) is 7.05 Å². The average Bonchev–Trinajstić information content (AvgIpc) is 3.07. The summed E-state index contributed by atoms with van der Waals surface area (Å²) in [6.07, 6.45) is 2.92. The summed E-state index contributed by atoms with van der Waals surface area (Å²) in [5.74, 6) is -3.56. The van der Waals surface area contributed by atoms with Crippen LogP contribution < -0.4 is 10.3 Å². The molecule has 10 heteroatoms. The molecule has 0 radical (unpaired) electrons. The summed E-state index contributed by atoms with van der Waals surface area (Å²) in [4.78, 5) is 17.9. The van der Waals surface area contributed by atoms with Crippen LogP contribution in [-0.4, -0.2) is 23.9 Å². The molecule has 140 valence electrons. The molecule has 0 aliphatic heterocycles. The highest BCUT2D eigenvalue weighted by Gasteiger charge is 2.23. The van der Waals surface area contributed by atoms with Gasteiger partial charge in [-0.1, -0.05) is 18.2 Å². The van der Waals surface area contributed by atoms with Gasteiger partial charge in [-0.25, -0.2) is 22.2 Å². The zero-order valence-corrected chi connectivity index (χ0v) is 14.8. The second-order valence-electron chi connectivity index (χ2n) is 5.58. The van der Waals surface area contributed by atoms with Gasteiger partial charge in [0.05, 0.1) is 16.9 Å². The normalized spacial score (nSPS) is 11.4. The lowest BCUT2D eigenvalue weighted by Crippen LogP contribution is -2.42. The van der Waals surface area contributed by atoms with E-state index in [0.29, 0.717) is 0 Å². The van der Waals surface area contributed by atoms with Crippen molar-refractivity contribution >= 4 is 15.9 Å². The summed E-state index contributed by atoms with van der Waals surface area (Å²) in [6, 6.07) is 9.27. The summed E-state index contributed by atoms with van der Waals surface area (Å²) in [6.45, 7) is 0. The maximum atomic E-state index is 14.7. The minimum absolute atomic E-state index is 0.0898. The molecule has 1 heterocycles. The quantitative estimate of drug-likeness (QED) is 0.650. The number of rotatable bonds is 5. The summed E-state index contributed by atoms with van der Waals surface area (Å²) in [7, 11) is -2.42. The number of sulfonamides is 1. The van der Waals surface area contributed by atoms with E-state index in [2.05, 4.69) is 4.98 Å². The standard InChI is InChI=1S/C17H14F2N4O3S/c1-23-9-14(20-10-23)12-7-8-13(18)15(16(12)19)17(24)21-22-27(25,26)11-5-3-2-4-6-11/h2-10,22H,1H3,(H,21,24). The van der Waals surface area contributed by atoms with Crippen molar-refractivity contribution in [2.45, 2.75) is 4.90 Å². The van der Waals surface area contributed by atoms with E-state index in [0.717, 1.165) is 12.1 Å². The van der Waals surface area contributed by atoms with Gasteiger partial charge in [0.2, 0.25) is 0 Å². The Morgan fingerprint density at radius 3 is 2.44 bits per heavy atom. The molecular weight excluding hydrogens is 378 g/mol. The van der Waals surface area contributed by atoms with Crippen molar-refractivity contribution in [3.05, 3.63) is 72.2 Å². The van der Waals surface area contributed by atoms with Gasteiger partial charge in [0.1, 0.15) is 17.2 Å². The molecule has 0 saturated carbocycles. The summed E-state index contributed by atoms with van der Waals surface area (Å²) in [5, 5.41) is 0. The van der Waals surface area contributed by atoms with Crippen molar-refractivity contribution in [3.8, 4) is 11.3 Å². The first-order chi connectivity index (χ1) is 12.8. The van der Waals surface area contributed by atoms with E-state index in [1.165, 1.54) is 36.8 Å². The van der Waals surface area contributed by atoms with Crippen LogP contribution in [0.3, 0.4) is 0 Å². The fourth-order valence-corrected chi connectivity index (χ4v) is 3.21. The van der Waals surface area contributed by atoms with Crippen molar-refractivity contribution < 1.29 is 22.0 Å². The van der Waals surface area contributed by atoms with Crippen molar-refractivity contribution in [1.82, 2.24) is 19.8 Å². The number of hydrazine groups is 1. The van der Waals surface area contributed by atoms with Gasteiger partial charge in [0.25, 0.3) is 15.9 Å². The lowest BCUT2D eigenvalue weighted by atomic mass is 10.1. The number of halogens is 2. The predicted molar refractivity (Wildman–Crippen MR) is 92.8 cm³/mol. The molecule has 0 bridgehead atoms. The number of hydrogen-bond acceptors (Lipinski definition) is 4. The van der Waals surface area contributed by atoms with Gasteiger partial charge in [-0.2, -0.15) is 0 Å². The molecule has 0 saturated heterocycles. The Hall–Kier alpha value is -3.11. The van der Waals surface area contributed by atoms with E-state index in [-0.39, 0.29) is 16.2 Å². The molecule has 3 aromatic rings. The van der Waals surface area contributed by atoms with Crippen LogP contribution >= 0.6 is 0 Å². The van der Waals surface area contributed by atoms with Gasteiger partial charge in [-0.3, -0.25) is 10.2 Å². The van der Waals surface area contributed by atoms with Gasteiger partial charge in [-0.15, -0.1) is 4.83 Å². The van der Waals surface area contributed by atoms with Crippen molar-refractivity contribution in [3.63, 3.8) is 0 Å². The van der Waals surface area contributed by atoms with Crippen molar-refractivity contribution in [1.29, 1.82) is 0 Å². The Kier molecular flexibility index (Phi) is 5.02. The number of aromatic nitrogens is 2. The van der Waals surface area contributed by atoms with Crippen LogP contribution in [0.25, 0.3) is 11.3 Å². The lowest BCUT2D eigenvalue weighted by molar-refractivity contribution is 0.0936. The predicted octanol–water partition coefficient (Wildman–Crippen LogP) is 1.99. The van der Waals surface area contributed by atoms with E-state index >= 15 is 0 Å². The largest absolute Gasteiger partial charge is 0.340 e. The fraction of sp³-hybridized carbons (Fsp3) is 0.0588. The van der Waals surface area contributed by atoms with Crippen LogP contribution in [0.15, 0.2) is 59.9 Å². The Morgan fingerprint density at radius 2 is 1.81 bits per heavy atom. The molecule has 2 aromatic carbocycles. The number of nitrogens with one attached hydrogen (secondary N) is 2. The van der Waals surface area contributed by atoms with Gasteiger partial charge in [0, 0.05) is 18.8 Å². The number of aryl methyl sites for hydroxylation is 1. The first-order valence-electron chi connectivity index (χ1n) is 7.63. The number of imidazole rings is 1. The van der Waals surface area contributed by atoms with Crippen LogP contribution in [-0.2, 0) is 17.1 Å². The monoisotopic (exact) mass is 392 g/mol. The number of nitrogens with zero attached hydrogens (tertiary/aromatic N) is 2. The minimum atomic E-state index is -4.09. The number of hydrogen-bond donors (Lipinski definition) is 2. The highest BCUT2D eigenvalue weighted by Crippen LogP contribution is 2.25. The highest BCUT2D eigenvalue weighted by atomic mass is 32.2. The van der Waals surface area contributed by atoms with Crippen LogP contribution in [0.2, 0.25) is 0 Å². The molecule has 1 amide bonds. The molecule has 0 aliphatic rings. The van der Waals surface area contributed by atoms with Crippen LogP contribution in [0.5, 0.6) is 0 Å². The lowest BCUT2D eigenvalue weighted by Gasteiger charge is -2.11. The van der Waals surface area contributed by atoms with Gasteiger partial charge in [-0.05, 0) is 24.3 Å². The zero-order chi connectivity index (χ0) is 19.6. The third kappa shape index (κ3) is 3.86. The molecule has 0 aliphatic carbocycles. The van der Waals surface area contributed by atoms with E-state index in [1.54, 1.807) is 17.7 Å². The molecule has 0 atom stereocenters. The van der Waals surface area contributed by atoms with E-state index in [1.807, 2.05) is 10.3 Å². The number of benzene rings is 2. The second kappa shape index (κ2) is 7.25. The first-order valence-corrected chi connectivity index (χ1v) is 9.11. The third-order valence-corrected chi connectivity index (χ3v) is 4.92. The van der Waals surface area contributed by atoms with Crippen LogP contribution in [0, 0.1) is 11.6 Å². The topological polar surface area (TPSA) is 93.1 Å². The SMILES string of the molecule is Cn1cnc(-c2ccc(F)c(C(=O)NNS(=O)(=O)c3ccccc3)c2F)c1. The summed E-state index contributed by atoms with van der Waals surface area (Å²) >= 11 is 0. The molecule has 2 N–H and O–H groups in total. The van der Waals surface area contributed by atoms with E-state index in [4.69, 9.17) is 0 Å². The molecule has 7 nitrogen and oxygen atoms in total. The molecule has 0 fully saturated rings. The summed E-state index contributed by atoms with van der Waals surface area (Å²) < 4.78 is 54.5. The molecule has 0 spiro atoms. The smallest absolute Gasteiger partial charge is 0.272 e. The number of amides is 1. The average molecular weight is 392 g/mol. The highest BCUT2D eigenvalue weighted by molar-refractivity contribution is 7.89. The maximum Gasteiger partial charge on any atom is 0.272 e.